The van der Waals surface area contributed by atoms with Crippen LogP contribution in [-0.4, -0.2) is 30.5 Å². The summed E-state index contributed by atoms with van der Waals surface area (Å²) in [5, 5.41) is 3.27. The highest BCUT2D eigenvalue weighted by Gasteiger charge is 2.02. The summed E-state index contributed by atoms with van der Waals surface area (Å²) >= 11 is 4.97. The van der Waals surface area contributed by atoms with Crippen LogP contribution >= 0.6 is 12.8 Å². The Bertz CT molecular complexity index is 59.4. The van der Waals surface area contributed by atoms with E-state index in [2.05, 4.69) is 5.32 Å². The van der Waals surface area contributed by atoms with Gasteiger partial charge in [0.1, 0.15) is 0 Å². The Morgan fingerprint density at radius 2 is 2.12 bits per heavy atom. The standard InChI is InChI=1S/C5H11N2S/c8-7-4-1-2-6-3-5-7/h6H,1-5H2. The maximum Gasteiger partial charge on any atom is 0.0223 e. The lowest BCUT2D eigenvalue weighted by Crippen LogP contribution is -2.20. The Morgan fingerprint density at radius 1 is 1.25 bits per heavy atom. The average molecular weight is 131 g/mol. The van der Waals surface area contributed by atoms with Gasteiger partial charge in [0.05, 0.1) is 0 Å². The number of nitrogens with one attached hydrogen (secondary N) is 1. The molecule has 8 heavy (non-hydrogen) atoms. The van der Waals surface area contributed by atoms with Gasteiger partial charge in [-0.25, -0.2) is 4.31 Å². The second-order valence-corrected chi connectivity index (χ2v) is 2.55. The highest BCUT2D eigenvalue weighted by molar-refractivity contribution is 7.77. The number of hydrogen-bond donors (Lipinski definition) is 1. The molecule has 0 amide bonds. The number of hydrogen-bond acceptors (Lipinski definition) is 2. The fourth-order valence-electron chi connectivity index (χ4n) is 0.821. The summed E-state index contributed by atoms with van der Waals surface area (Å²) in [6.07, 6.45) is 1.20. The van der Waals surface area contributed by atoms with Crippen molar-refractivity contribution in [2.24, 2.45) is 0 Å². The minimum atomic E-state index is 1.02. The second-order valence-electron chi connectivity index (χ2n) is 2.03. The molecular weight excluding hydrogens is 120 g/mol. The van der Waals surface area contributed by atoms with Gasteiger partial charge in [-0.1, -0.05) is 0 Å². The van der Waals surface area contributed by atoms with Gasteiger partial charge in [-0.05, 0) is 13.0 Å². The fraction of sp³-hybridized carbons (Fsp3) is 1.00. The molecule has 0 aliphatic carbocycles. The molecule has 47 valence electrons. The van der Waals surface area contributed by atoms with Crippen LogP contribution in [0.2, 0.25) is 0 Å². The Hall–Kier alpha value is 0.270. The number of rotatable bonds is 0. The third-order valence-electron chi connectivity index (χ3n) is 1.30. The zero-order valence-electron chi connectivity index (χ0n) is 4.89. The van der Waals surface area contributed by atoms with E-state index in [-0.39, 0.29) is 0 Å². The third-order valence-corrected chi connectivity index (χ3v) is 1.66. The van der Waals surface area contributed by atoms with E-state index in [1.54, 1.807) is 0 Å². The predicted octanol–water partition coefficient (Wildman–Crippen LogP) is 0.394. The number of nitrogens with zero attached hydrogens (tertiary/aromatic N) is 1. The first-order valence-electron chi connectivity index (χ1n) is 3.02. The normalized spacial score (nSPS) is 25.1. The molecule has 0 aromatic heterocycles. The Labute approximate surface area is 55.8 Å². The van der Waals surface area contributed by atoms with Gasteiger partial charge < -0.3 is 5.32 Å². The lowest BCUT2D eigenvalue weighted by molar-refractivity contribution is 0.509. The molecule has 0 unspecified atom stereocenters. The molecule has 2 nitrogen and oxygen atoms in total. The summed E-state index contributed by atoms with van der Waals surface area (Å²) in [6.45, 7) is 4.29. The maximum atomic E-state index is 4.97. The van der Waals surface area contributed by atoms with E-state index < -0.39 is 0 Å². The van der Waals surface area contributed by atoms with Crippen molar-refractivity contribution < 1.29 is 0 Å². The SMILES string of the molecule is [S]N1CCCNCC1. The zero-order valence-corrected chi connectivity index (χ0v) is 5.71. The van der Waals surface area contributed by atoms with Crippen LogP contribution in [0, 0.1) is 0 Å². The van der Waals surface area contributed by atoms with Crippen LogP contribution < -0.4 is 5.32 Å². The largest absolute Gasteiger partial charge is 0.315 e. The molecule has 1 N–H and O–H groups in total. The van der Waals surface area contributed by atoms with Crippen molar-refractivity contribution in [2.45, 2.75) is 6.42 Å². The lowest BCUT2D eigenvalue weighted by atomic mass is 10.4. The van der Waals surface area contributed by atoms with Crippen molar-refractivity contribution in [2.75, 3.05) is 26.2 Å². The summed E-state index contributed by atoms with van der Waals surface area (Å²) in [4.78, 5) is 0. The summed E-state index contributed by atoms with van der Waals surface area (Å²) in [6, 6.07) is 0. The molecule has 0 aromatic rings. The second kappa shape index (κ2) is 3.33. The van der Waals surface area contributed by atoms with Gasteiger partial charge in [-0.2, -0.15) is 0 Å². The van der Waals surface area contributed by atoms with Crippen LogP contribution in [0.1, 0.15) is 6.42 Å². The molecular formula is C5H11N2S. The van der Waals surface area contributed by atoms with Crippen LogP contribution in [0.5, 0.6) is 0 Å². The lowest BCUT2D eigenvalue weighted by Gasteiger charge is -2.06. The molecule has 0 aromatic carbocycles. The van der Waals surface area contributed by atoms with Crippen molar-refractivity contribution in [1.29, 1.82) is 0 Å². The first-order valence-corrected chi connectivity index (χ1v) is 3.39. The summed E-state index contributed by atoms with van der Waals surface area (Å²) in [5.74, 6) is 0. The first-order chi connectivity index (χ1) is 3.89. The molecule has 0 spiro atoms. The van der Waals surface area contributed by atoms with E-state index in [1.807, 2.05) is 4.31 Å². The van der Waals surface area contributed by atoms with E-state index in [9.17, 15) is 0 Å². The van der Waals surface area contributed by atoms with E-state index in [0.29, 0.717) is 0 Å². The van der Waals surface area contributed by atoms with Crippen molar-refractivity contribution in [1.82, 2.24) is 9.62 Å². The Balaban J connectivity index is 2.17. The average Bonchev–Trinajstić information content (AvgIpc) is 1.94. The van der Waals surface area contributed by atoms with Crippen LogP contribution in [0.25, 0.3) is 0 Å². The molecule has 1 fully saturated rings. The predicted molar refractivity (Wildman–Crippen MR) is 36.7 cm³/mol. The summed E-state index contributed by atoms with van der Waals surface area (Å²) < 4.78 is 1.94. The molecule has 1 heterocycles. The molecule has 1 aliphatic rings. The van der Waals surface area contributed by atoms with Gasteiger partial charge in [0.15, 0.2) is 0 Å². The summed E-state index contributed by atoms with van der Waals surface area (Å²) in [5.41, 5.74) is 0. The molecule has 3 heteroatoms. The van der Waals surface area contributed by atoms with Crippen LogP contribution in [0.4, 0.5) is 0 Å². The van der Waals surface area contributed by atoms with Gasteiger partial charge in [-0.3, -0.25) is 0 Å². The molecule has 0 atom stereocenters. The van der Waals surface area contributed by atoms with E-state index in [4.69, 9.17) is 12.8 Å². The van der Waals surface area contributed by atoms with Gasteiger partial charge in [0.2, 0.25) is 0 Å². The molecule has 0 bridgehead atoms. The van der Waals surface area contributed by atoms with Crippen molar-refractivity contribution in [3.8, 4) is 0 Å². The van der Waals surface area contributed by atoms with E-state index in [0.717, 1.165) is 26.2 Å². The van der Waals surface area contributed by atoms with Crippen LogP contribution in [-0.2, 0) is 0 Å². The minimum absolute atomic E-state index is 1.02. The Kier molecular flexibility index (Phi) is 2.66. The first kappa shape index (κ1) is 6.39. The van der Waals surface area contributed by atoms with Gasteiger partial charge in [-0.15, -0.1) is 0 Å². The van der Waals surface area contributed by atoms with Gasteiger partial charge in [0, 0.05) is 32.4 Å². The Morgan fingerprint density at radius 3 is 3.00 bits per heavy atom. The van der Waals surface area contributed by atoms with E-state index >= 15 is 0 Å². The highest BCUT2D eigenvalue weighted by Crippen LogP contribution is 1.95. The quantitative estimate of drug-likeness (QED) is 0.512. The van der Waals surface area contributed by atoms with Crippen molar-refractivity contribution >= 4 is 12.8 Å². The topological polar surface area (TPSA) is 15.3 Å². The molecule has 1 aliphatic heterocycles. The minimum Gasteiger partial charge on any atom is -0.315 e. The molecule has 1 saturated heterocycles. The molecule has 0 saturated carbocycles. The monoisotopic (exact) mass is 131 g/mol. The smallest absolute Gasteiger partial charge is 0.0223 e. The molecule has 1 rings (SSSR count). The van der Waals surface area contributed by atoms with Gasteiger partial charge in [0.25, 0.3) is 0 Å². The summed E-state index contributed by atoms with van der Waals surface area (Å²) in [7, 11) is 0. The maximum absolute atomic E-state index is 4.97. The van der Waals surface area contributed by atoms with E-state index in [1.165, 1.54) is 6.42 Å². The van der Waals surface area contributed by atoms with Gasteiger partial charge >= 0.3 is 0 Å². The fourth-order valence-corrected chi connectivity index (χ4v) is 1.04. The third kappa shape index (κ3) is 2.03. The molecule has 1 radical (unpaired) electrons. The van der Waals surface area contributed by atoms with Crippen LogP contribution in [0.15, 0.2) is 0 Å². The van der Waals surface area contributed by atoms with Crippen molar-refractivity contribution in [3.05, 3.63) is 0 Å². The highest BCUT2D eigenvalue weighted by atomic mass is 32.1. The zero-order chi connectivity index (χ0) is 5.82. The van der Waals surface area contributed by atoms with Crippen molar-refractivity contribution in [3.63, 3.8) is 0 Å². The van der Waals surface area contributed by atoms with Crippen LogP contribution in [0.3, 0.4) is 0 Å².